The predicted molar refractivity (Wildman–Crippen MR) is 70.6 cm³/mol. The fraction of sp³-hybridized carbons (Fsp3) is 0.500. The second kappa shape index (κ2) is 5.66. The number of furan rings is 1. The van der Waals surface area contributed by atoms with Crippen LogP contribution in [0.5, 0.6) is 0 Å². The lowest BCUT2D eigenvalue weighted by Crippen LogP contribution is -2.08. The molecule has 1 aliphatic rings. The van der Waals surface area contributed by atoms with E-state index in [-0.39, 0.29) is 5.56 Å². The molecule has 106 valence electrons. The second-order valence-corrected chi connectivity index (χ2v) is 5.64. The van der Waals surface area contributed by atoms with Crippen molar-refractivity contribution in [2.24, 2.45) is 0 Å². The summed E-state index contributed by atoms with van der Waals surface area (Å²) in [6.45, 7) is 0. The zero-order valence-corrected chi connectivity index (χ0v) is 11.5. The first-order valence-electron chi connectivity index (χ1n) is 6.46. The van der Waals surface area contributed by atoms with Gasteiger partial charge in [0, 0.05) is 0 Å². The average Bonchev–Trinajstić information content (AvgIpc) is 3.16. The molecule has 0 bridgehead atoms. The highest BCUT2D eigenvalue weighted by Gasteiger charge is 2.22. The molecule has 2 heterocycles. The van der Waals surface area contributed by atoms with Crippen LogP contribution >= 0.6 is 11.8 Å². The first kappa shape index (κ1) is 13.2. The van der Waals surface area contributed by atoms with Gasteiger partial charge < -0.3 is 9.52 Å². The van der Waals surface area contributed by atoms with Crippen molar-refractivity contribution in [2.45, 2.75) is 42.6 Å². The Hall–Kier alpha value is -1.83. The van der Waals surface area contributed by atoms with Gasteiger partial charge in [0.25, 0.3) is 0 Å². The van der Waals surface area contributed by atoms with Gasteiger partial charge in [-0.05, 0) is 29.3 Å². The normalized spacial score (nSPS) is 15.8. The monoisotopic (exact) mass is 294 g/mol. The van der Waals surface area contributed by atoms with Gasteiger partial charge in [0.2, 0.25) is 5.16 Å². The number of carboxylic acids is 1. The third-order valence-electron chi connectivity index (χ3n) is 3.44. The number of tetrazole rings is 1. The van der Waals surface area contributed by atoms with Gasteiger partial charge in [0.1, 0.15) is 11.3 Å². The molecule has 0 atom stereocenters. The fourth-order valence-corrected chi connectivity index (χ4v) is 3.33. The van der Waals surface area contributed by atoms with E-state index in [0.717, 1.165) is 12.8 Å². The molecule has 2 aromatic heterocycles. The van der Waals surface area contributed by atoms with Crippen molar-refractivity contribution in [2.75, 3.05) is 0 Å². The molecule has 1 aliphatic carbocycles. The SMILES string of the molecule is O=C(O)c1ccoc1CSc1nnnn1C1CCCC1. The van der Waals surface area contributed by atoms with E-state index >= 15 is 0 Å². The van der Waals surface area contributed by atoms with Gasteiger partial charge in [0.15, 0.2) is 0 Å². The highest BCUT2D eigenvalue weighted by atomic mass is 32.2. The summed E-state index contributed by atoms with van der Waals surface area (Å²) < 4.78 is 7.06. The van der Waals surface area contributed by atoms with Gasteiger partial charge in [-0.15, -0.1) is 5.10 Å². The highest BCUT2D eigenvalue weighted by Crippen LogP contribution is 2.32. The second-order valence-electron chi connectivity index (χ2n) is 4.70. The lowest BCUT2D eigenvalue weighted by Gasteiger charge is -2.10. The van der Waals surface area contributed by atoms with Gasteiger partial charge in [-0.2, -0.15) is 0 Å². The largest absolute Gasteiger partial charge is 0.478 e. The van der Waals surface area contributed by atoms with Crippen molar-refractivity contribution in [3.8, 4) is 0 Å². The van der Waals surface area contributed by atoms with Gasteiger partial charge in [-0.3, -0.25) is 0 Å². The third-order valence-corrected chi connectivity index (χ3v) is 4.37. The zero-order chi connectivity index (χ0) is 13.9. The number of hydrogen-bond acceptors (Lipinski definition) is 6. The predicted octanol–water partition coefficient (Wildman–Crippen LogP) is 2.37. The Morgan fingerprint density at radius 2 is 2.30 bits per heavy atom. The van der Waals surface area contributed by atoms with Crippen LogP contribution in [0.25, 0.3) is 0 Å². The Morgan fingerprint density at radius 1 is 1.50 bits per heavy atom. The minimum atomic E-state index is -0.982. The van der Waals surface area contributed by atoms with Crippen LogP contribution in [-0.4, -0.2) is 31.3 Å². The number of rotatable bonds is 5. The first-order chi connectivity index (χ1) is 9.75. The summed E-state index contributed by atoms with van der Waals surface area (Å²) in [5.41, 5.74) is 0.192. The van der Waals surface area contributed by atoms with Crippen molar-refractivity contribution in [1.29, 1.82) is 0 Å². The maximum absolute atomic E-state index is 11.0. The molecule has 8 heteroatoms. The molecule has 0 unspecified atom stereocenters. The molecule has 1 N–H and O–H groups in total. The van der Waals surface area contributed by atoms with Crippen LogP contribution in [0.1, 0.15) is 47.8 Å². The summed E-state index contributed by atoms with van der Waals surface area (Å²) in [7, 11) is 0. The molecule has 20 heavy (non-hydrogen) atoms. The Morgan fingerprint density at radius 3 is 3.05 bits per heavy atom. The van der Waals surface area contributed by atoms with Crippen molar-refractivity contribution >= 4 is 17.7 Å². The van der Waals surface area contributed by atoms with Gasteiger partial charge in [-0.25, -0.2) is 9.48 Å². The van der Waals surface area contributed by atoms with E-state index < -0.39 is 5.97 Å². The molecule has 0 saturated heterocycles. The summed E-state index contributed by atoms with van der Waals surface area (Å²) in [5, 5.41) is 21.5. The number of carbonyl (C=O) groups is 1. The summed E-state index contributed by atoms with van der Waals surface area (Å²) >= 11 is 1.40. The highest BCUT2D eigenvalue weighted by molar-refractivity contribution is 7.98. The van der Waals surface area contributed by atoms with Crippen LogP contribution in [-0.2, 0) is 5.75 Å². The van der Waals surface area contributed by atoms with Crippen molar-refractivity contribution in [3.05, 3.63) is 23.7 Å². The molecule has 0 amide bonds. The maximum Gasteiger partial charge on any atom is 0.339 e. The molecule has 0 aliphatic heterocycles. The maximum atomic E-state index is 11.0. The molecule has 7 nitrogen and oxygen atoms in total. The summed E-state index contributed by atoms with van der Waals surface area (Å²) in [6, 6.07) is 1.82. The molecule has 0 radical (unpaired) electrons. The first-order valence-corrected chi connectivity index (χ1v) is 7.44. The van der Waals surface area contributed by atoms with Crippen LogP contribution in [0.4, 0.5) is 0 Å². The number of hydrogen-bond donors (Lipinski definition) is 1. The van der Waals surface area contributed by atoms with E-state index in [0.29, 0.717) is 22.7 Å². The summed E-state index contributed by atoms with van der Waals surface area (Å²) in [4.78, 5) is 11.0. The molecule has 0 spiro atoms. The molecule has 1 fully saturated rings. The average molecular weight is 294 g/mol. The third kappa shape index (κ3) is 2.55. The Bertz CT molecular complexity index is 603. The molecular formula is C12H14N4O3S. The zero-order valence-electron chi connectivity index (χ0n) is 10.7. The Balaban J connectivity index is 1.71. The van der Waals surface area contributed by atoms with Crippen molar-refractivity contribution in [1.82, 2.24) is 20.2 Å². The van der Waals surface area contributed by atoms with Crippen LogP contribution in [0.2, 0.25) is 0 Å². The molecule has 1 saturated carbocycles. The quantitative estimate of drug-likeness (QED) is 0.846. The van der Waals surface area contributed by atoms with Crippen LogP contribution in [0.3, 0.4) is 0 Å². The fourth-order valence-electron chi connectivity index (χ4n) is 2.43. The summed E-state index contributed by atoms with van der Waals surface area (Å²) in [5.74, 6) is -0.143. The smallest absolute Gasteiger partial charge is 0.339 e. The number of nitrogens with zero attached hydrogens (tertiary/aromatic N) is 4. The molecule has 2 aromatic rings. The van der Waals surface area contributed by atoms with E-state index in [1.165, 1.54) is 36.9 Å². The van der Waals surface area contributed by atoms with E-state index in [2.05, 4.69) is 15.5 Å². The Kier molecular flexibility index (Phi) is 3.72. The number of carboxylic acid groups (broad SMARTS) is 1. The van der Waals surface area contributed by atoms with Gasteiger partial charge >= 0.3 is 5.97 Å². The topological polar surface area (TPSA) is 94.0 Å². The van der Waals surface area contributed by atoms with Gasteiger partial charge in [-0.1, -0.05) is 24.6 Å². The number of aromatic carboxylic acids is 1. The Labute approximate surface area is 119 Å². The van der Waals surface area contributed by atoms with Crippen molar-refractivity contribution in [3.63, 3.8) is 0 Å². The van der Waals surface area contributed by atoms with Crippen LogP contribution in [0.15, 0.2) is 21.9 Å². The molecular weight excluding hydrogens is 280 g/mol. The van der Waals surface area contributed by atoms with E-state index in [9.17, 15) is 4.79 Å². The number of thioether (sulfide) groups is 1. The minimum Gasteiger partial charge on any atom is -0.478 e. The number of aromatic nitrogens is 4. The minimum absolute atomic E-state index is 0.192. The van der Waals surface area contributed by atoms with E-state index in [1.54, 1.807) is 0 Å². The van der Waals surface area contributed by atoms with Crippen LogP contribution in [0, 0.1) is 0 Å². The summed E-state index contributed by atoms with van der Waals surface area (Å²) in [6.07, 6.45) is 5.99. The van der Waals surface area contributed by atoms with E-state index in [1.807, 2.05) is 4.68 Å². The lowest BCUT2D eigenvalue weighted by molar-refractivity contribution is 0.0695. The molecule has 3 rings (SSSR count). The lowest BCUT2D eigenvalue weighted by atomic mass is 10.3. The van der Waals surface area contributed by atoms with E-state index in [4.69, 9.17) is 9.52 Å². The van der Waals surface area contributed by atoms with Crippen molar-refractivity contribution < 1.29 is 14.3 Å². The molecule has 0 aromatic carbocycles. The van der Waals surface area contributed by atoms with Crippen LogP contribution < -0.4 is 0 Å². The van der Waals surface area contributed by atoms with Gasteiger partial charge in [0.05, 0.1) is 18.1 Å². The standard InChI is InChI=1S/C12H14N4O3S/c17-11(18)9-5-6-19-10(9)7-20-12-13-14-15-16(12)8-3-1-2-4-8/h5-6,8H,1-4,7H2,(H,17,18).